The first-order valence-corrected chi connectivity index (χ1v) is 5.11. The molecule has 1 N–H and O–H groups in total. The summed E-state index contributed by atoms with van der Waals surface area (Å²) in [5.41, 5.74) is 0. The summed E-state index contributed by atoms with van der Waals surface area (Å²) in [5, 5.41) is 9.45. The molecule has 0 amide bonds. The largest absolute Gasteiger partial charge is 0.392 e. The van der Waals surface area contributed by atoms with Crippen LogP contribution in [0.2, 0.25) is 0 Å². The topological polar surface area (TPSA) is 23.5 Å². The molecule has 1 saturated heterocycles. The molecule has 0 bridgehead atoms. The molecule has 0 spiro atoms. The minimum atomic E-state index is -0.304. The summed E-state index contributed by atoms with van der Waals surface area (Å²) in [6, 6.07) is 0.394. The first kappa shape index (κ1) is 10.9. The second-order valence-electron chi connectivity index (χ2n) is 4.36. The first-order valence-electron chi connectivity index (χ1n) is 5.11. The molecule has 13 heavy (non-hydrogen) atoms. The van der Waals surface area contributed by atoms with Crippen molar-refractivity contribution >= 4 is 0 Å². The fourth-order valence-corrected chi connectivity index (χ4v) is 2.13. The van der Waals surface area contributed by atoms with E-state index in [0.717, 1.165) is 12.8 Å². The molecule has 2 nitrogen and oxygen atoms in total. The van der Waals surface area contributed by atoms with Crippen LogP contribution in [0.3, 0.4) is 0 Å². The van der Waals surface area contributed by atoms with Crippen LogP contribution in [0, 0.1) is 5.92 Å². The lowest BCUT2D eigenvalue weighted by Crippen LogP contribution is -2.32. The highest BCUT2D eigenvalue weighted by Crippen LogP contribution is 2.23. The van der Waals surface area contributed by atoms with Crippen LogP contribution in [0.4, 0.5) is 4.39 Å². The third-order valence-electron chi connectivity index (χ3n) is 2.62. The van der Waals surface area contributed by atoms with Crippen molar-refractivity contribution in [3.8, 4) is 0 Å². The molecule has 2 atom stereocenters. The molecule has 0 radical (unpaired) electrons. The van der Waals surface area contributed by atoms with E-state index >= 15 is 0 Å². The second-order valence-corrected chi connectivity index (χ2v) is 4.36. The molecule has 0 aromatic heterocycles. The van der Waals surface area contributed by atoms with Gasteiger partial charge in [0, 0.05) is 19.1 Å². The van der Waals surface area contributed by atoms with Gasteiger partial charge in [-0.05, 0) is 18.8 Å². The van der Waals surface area contributed by atoms with Gasteiger partial charge in [0.05, 0.1) is 6.10 Å². The molecule has 0 saturated carbocycles. The summed E-state index contributed by atoms with van der Waals surface area (Å²) in [4.78, 5) is 2.07. The molecule has 78 valence electrons. The van der Waals surface area contributed by atoms with E-state index in [1.165, 1.54) is 0 Å². The molecular weight excluding hydrogens is 169 g/mol. The average molecular weight is 189 g/mol. The maximum absolute atomic E-state index is 12.2. The van der Waals surface area contributed by atoms with E-state index < -0.39 is 0 Å². The van der Waals surface area contributed by atoms with Gasteiger partial charge in [0.25, 0.3) is 0 Å². The van der Waals surface area contributed by atoms with Crippen LogP contribution in [-0.4, -0.2) is 41.9 Å². The third-order valence-corrected chi connectivity index (χ3v) is 2.62. The van der Waals surface area contributed by atoms with E-state index in [0.29, 0.717) is 25.0 Å². The molecule has 1 rings (SSSR count). The summed E-state index contributed by atoms with van der Waals surface area (Å²) < 4.78 is 12.2. The van der Waals surface area contributed by atoms with E-state index in [4.69, 9.17) is 0 Å². The Labute approximate surface area is 79.7 Å². The molecule has 1 fully saturated rings. The van der Waals surface area contributed by atoms with E-state index in [1.807, 2.05) is 0 Å². The minimum absolute atomic E-state index is 0.240. The maximum atomic E-state index is 12.2. The first-order chi connectivity index (χ1) is 6.13. The number of halogens is 1. The zero-order valence-electron chi connectivity index (χ0n) is 8.54. The second kappa shape index (κ2) is 4.91. The number of likely N-dealkylation sites (tertiary alicyclic amines) is 1. The van der Waals surface area contributed by atoms with Crippen molar-refractivity contribution in [2.45, 2.75) is 38.8 Å². The zero-order chi connectivity index (χ0) is 9.84. The van der Waals surface area contributed by atoms with Crippen molar-refractivity contribution < 1.29 is 9.50 Å². The van der Waals surface area contributed by atoms with Gasteiger partial charge in [-0.25, -0.2) is 4.39 Å². The number of hydrogen-bond donors (Lipinski definition) is 1. The van der Waals surface area contributed by atoms with E-state index in [9.17, 15) is 9.50 Å². The normalized spacial score (nSPS) is 30.2. The fourth-order valence-electron chi connectivity index (χ4n) is 2.13. The quantitative estimate of drug-likeness (QED) is 0.723. The van der Waals surface area contributed by atoms with Gasteiger partial charge in [-0.3, -0.25) is 4.90 Å². The molecule has 0 unspecified atom stereocenters. The summed E-state index contributed by atoms with van der Waals surface area (Å²) in [6.45, 7) is 5.16. The Morgan fingerprint density at radius 1 is 1.54 bits per heavy atom. The van der Waals surface area contributed by atoms with Crippen LogP contribution in [-0.2, 0) is 0 Å². The highest BCUT2D eigenvalue weighted by atomic mass is 19.1. The van der Waals surface area contributed by atoms with Gasteiger partial charge >= 0.3 is 0 Å². The summed E-state index contributed by atoms with van der Waals surface area (Å²) >= 11 is 0. The third kappa shape index (κ3) is 3.24. The lowest BCUT2D eigenvalue weighted by atomic mass is 10.0. The molecule has 1 aliphatic heterocycles. The van der Waals surface area contributed by atoms with Crippen LogP contribution in [0.15, 0.2) is 0 Å². The fraction of sp³-hybridized carbons (Fsp3) is 1.00. The number of nitrogens with zero attached hydrogens (tertiary/aromatic N) is 1. The van der Waals surface area contributed by atoms with Gasteiger partial charge in [-0.2, -0.15) is 0 Å². The van der Waals surface area contributed by atoms with Crippen molar-refractivity contribution in [1.29, 1.82) is 0 Å². The van der Waals surface area contributed by atoms with Crippen LogP contribution in [0.5, 0.6) is 0 Å². The van der Waals surface area contributed by atoms with Crippen LogP contribution < -0.4 is 0 Å². The maximum Gasteiger partial charge on any atom is 0.102 e. The Morgan fingerprint density at radius 3 is 2.77 bits per heavy atom. The van der Waals surface area contributed by atoms with Crippen LogP contribution >= 0.6 is 0 Å². The lowest BCUT2D eigenvalue weighted by molar-refractivity contribution is 0.169. The highest BCUT2D eigenvalue weighted by Gasteiger charge is 2.30. The van der Waals surface area contributed by atoms with Gasteiger partial charge in [-0.15, -0.1) is 0 Å². The summed E-state index contributed by atoms with van der Waals surface area (Å²) in [7, 11) is 0. The van der Waals surface area contributed by atoms with E-state index in [2.05, 4.69) is 18.7 Å². The number of rotatable bonds is 4. The predicted molar refractivity (Wildman–Crippen MR) is 51.4 cm³/mol. The Bertz CT molecular complexity index is 152. The van der Waals surface area contributed by atoms with Gasteiger partial charge in [0.15, 0.2) is 0 Å². The zero-order valence-corrected chi connectivity index (χ0v) is 8.54. The van der Waals surface area contributed by atoms with Crippen molar-refractivity contribution in [1.82, 2.24) is 4.90 Å². The molecule has 0 aliphatic carbocycles. The van der Waals surface area contributed by atoms with Crippen molar-refractivity contribution in [2.75, 3.05) is 19.8 Å². The molecule has 3 heteroatoms. The smallest absolute Gasteiger partial charge is 0.102 e. The van der Waals surface area contributed by atoms with Gasteiger partial charge in [0.1, 0.15) is 6.67 Å². The average Bonchev–Trinajstić information content (AvgIpc) is 2.31. The lowest BCUT2D eigenvalue weighted by Gasteiger charge is -2.24. The van der Waals surface area contributed by atoms with Gasteiger partial charge in [0.2, 0.25) is 0 Å². The Morgan fingerprint density at radius 2 is 2.23 bits per heavy atom. The number of aliphatic hydroxyl groups excluding tert-OH is 1. The van der Waals surface area contributed by atoms with E-state index in [1.54, 1.807) is 0 Å². The molecular formula is C10H20FNO. The van der Waals surface area contributed by atoms with E-state index in [-0.39, 0.29) is 12.8 Å². The van der Waals surface area contributed by atoms with Crippen LogP contribution in [0.25, 0.3) is 0 Å². The Kier molecular flexibility index (Phi) is 4.13. The van der Waals surface area contributed by atoms with Crippen molar-refractivity contribution in [2.24, 2.45) is 5.92 Å². The number of alkyl halides is 1. The van der Waals surface area contributed by atoms with Crippen LogP contribution in [0.1, 0.15) is 26.7 Å². The summed E-state index contributed by atoms with van der Waals surface area (Å²) in [5.74, 6) is 0.623. The SMILES string of the molecule is CC(C)C[C@H]1C[C@H](O)CN1CCF. The predicted octanol–water partition coefficient (Wildman–Crippen LogP) is 1.44. The monoisotopic (exact) mass is 189 g/mol. The Balaban J connectivity index is 2.40. The van der Waals surface area contributed by atoms with Gasteiger partial charge < -0.3 is 5.11 Å². The summed E-state index contributed by atoms with van der Waals surface area (Å²) in [6.07, 6.45) is 1.64. The molecule has 0 aromatic rings. The van der Waals surface area contributed by atoms with Crippen molar-refractivity contribution in [3.63, 3.8) is 0 Å². The molecule has 1 heterocycles. The standard InChI is InChI=1S/C10H20FNO/c1-8(2)5-9-6-10(13)7-12(9)4-3-11/h8-10,13H,3-7H2,1-2H3/t9-,10-/m0/s1. The molecule has 0 aromatic carbocycles. The molecule has 1 aliphatic rings. The number of aliphatic hydroxyl groups is 1. The Hall–Kier alpha value is -0.150. The highest BCUT2D eigenvalue weighted by molar-refractivity contribution is 4.85. The number of β-amino-alcohol motifs (C(OH)–C–C–N with tert-alkyl or cyclic N) is 1. The van der Waals surface area contributed by atoms with Gasteiger partial charge in [-0.1, -0.05) is 13.8 Å². The number of hydrogen-bond acceptors (Lipinski definition) is 2. The minimum Gasteiger partial charge on any atom is -0.392 e. The van der Waals surface area contributed by atoms with Crippen molar-refractivity contribution in [3.05, 3.63) is 0 Å².